The van der Waals surface area contributed by atoms with E-state index in [2.05, 4.69) is 40.5 Å². The minimum absolute atomic E-state index is 0.00299. The third-order valence-corrected chi connectivity index (χ3v) is 5.57. The summed E-state index contributed by atoms with van der Waals surface area (Å²) in [5, 5.41) is 13.2. The number of halogens is 1. The smallest absolute Gasteiger partial charge is 0.412 e. The Morgan fingerprint density at radius 2 is 1.87 bits per heavy atom. The molecular weight excluding hydrogens is 517 g/mol. The third-order valence-electron chi connectivity index (χ3n) is 4.64. The molecule has 0 spiro atoms. The zero-order chi connectivity index (χ0) is 22.3. The molecule has 2 aromatic rings. The van der Waals surface area contributed by atoms with Gasteiger partial charge in [0.05, 0.1) is 12.4 Å². The van der Waals surface area contributed by atoms with E-state index >= 15 is 0 Å². The summed E-state index contributed by atoms with van der Waals surface area (Å²) in [5.74, 6) is -0.387. The number of carbonyl (C=O) groups excluding carboxylic acids is 2. The third kappa shape index (κ3) is 7.09. The molecule has 0 aromatic heterocycles. The van der Waals surface area contributed by atoms with Gasteiger partial charge >= 0.3 is 12.1 Å². The molecule has 2 aromatic carbocycles. The van der Waals surface area contributed by atoms with Gasteiger partial charge in [0.2, 0.25) is 0 Å². The number of nitrogens with one attached hydrogen (secondary N) is 1. The number of thiol groups is 1. The standard InChI is InChI=1S/C22H26INO5S/c1-14-4-7-16(8-5-14)24-21(27)29-20(17-12-15(23)6-9-18(17)25)22(2,3)10-11-28-19(26)13-30/h4-9,12,20,25,30H,10-11,13H2,1-3H3,(H,24,27)/t20-/m0/s1. The van der Waals surface area contributed by atoms with E-state index in [1.165, 1.54) is 0 Å². The van der Waals surface area contributed by atoms with Crippen LogP contribution in [-0.2, 0) is 14.3 Å². The number of hydrogen-bond acceptors (Lipinski definition) is 6. The Hall–Kier alpha value is -1.94. The van der Waals surface area contributed by atoms with E-state index in [1.807, 2.05) is 32.9 Å². The second-order valence-corrected chi connectivity index (χ2v) is 9.16. The average Bonchev–Trinajstić information content (AvgIpc) is 2.69. The van der Waals surface area contributed by atoms with Crippen LogP contribution in [0.3, 0.4) is 0 Å². The van der Waals surface area contributed by atoms with Gasteiger partial charge in [-0.3, -0.25) is 10.1 Å². The molecule has 30 heavy (non-hydrogen) atoms. The number of amides is 1. The van der Waals surface area contributed by atoms with E-state index in [0.29, 0.717) is 17.7 Å². The maximum absolute atomic E-state index is 12.6. The summed E-state index contributed by atoms with van der Waals surface area (Å²) in [5.41, 5.74) is 1.54. The summed E-state index contributed by atoms with van der Waals surface area (Å²) in [6.07, 6.45) is -0.991. The summed E-state index contributed by atoms with van der Waals surface area (Å²) in [6.45, 7) is 5.90. The molecule has 0 saturated heterocycles. The van der Waals surface area contributed by atoms with E-state index < -0.39 is 23.6 Å². The van der Waals surface area contributed by atoms with Gasteiger partial charge in [-0.05, 0) is 66.3 Å². The van der Waals surface area contributed by atoms with Crippen molar-refractivity contribution in [1.29, 1.82) is 0 Å². The van der Waals surface area contributed by atoms with Crippen molar-refractivity contribution in [3.8, 4) is 5.75 Å². The number of hydrogen-bond donors (Lipinski definition) is 3. The van der Waals surface area contributed by atoms with Gasteiger partial charge in [0.15, 0.2) is 0 Å². The Kier molecular flexibility index (Phi) is 8.84. The lowest BCUT2D eigenvalue weighted by Crippen LogP contribution is -2.30. The number of rotatable bonds is 8. The highest BCUT2D eigenvalue weighted by Crippen LogP contribution is 2.43. The zero-order valence-corrected chi connectivity index (χ0v) is 20.2. The second kappa shape index (κ2) is 10.9. The number of anilines is 1. The molecule has 0 heterocycles. The van der Waals surface area contributed by atoms with Gasteiger partial charge in [0.25, 0.3) is 0 Å². The first-order valence-electron chi connectivity index (χ1n) is 9.41. The zero-order valence-electron chi connectivity index (χ0n) is 17.1. The van der Waals surface area contributed by atoms with Crippen LogP contribution >= 0.6 is 35.2 Å². The molecule has 0 aliphatic carbocycles. The minimum atomic E-state index is -0.771. The summed E-state index contributed by atoms with van der Waals surface area (Å²) < 4.78 is 11.8. The van der Waals surface area contributed by atoms with Gasteiger partial charge in [0.1, 0.15) is 11.9 Å². The van der Waals surface area contributed by atoms with Crippen LogP contribution in [0.15, 0.2) is 42.5 Å². The fourth-order valence-corrected chi connectivity index (χ4v) is 3.48. The number of aromatic hydroxyl groups is 1. The van der Waals surface area contributed by atoms with Crippen molar-refractivity contribution in [2.24, 2.45) is 5.41 Å². The Morgan fingerprint density at radius 1 is 1.20 bits per heavy atom. The number of esters is 1. The Bertz CT molecular complexity index is 886. The number of phenolic OH excluding ortho intramolecular Hbond substituents is 1. The Balaban J connectivity index is 2.24. The summed E-state index contributed by atoms with van der Waals surface area (Å²) in [6, 6.07) is 12.5. The van der Waals surface area contributed by atoms with E-state index in [1.54, 1.807) is 30.3 Å². The summed E-state index contributed by atoms with van der Waals surface area (Å²) in [7, 11) is 0. The molecule has 162 valence electrons. The van der Waals surface area contributed by atoms with E-state index in [9.17, 15) is 14.7 Å². The quantitative estimate of drug-likeness (QED) is 0.233. The van der Waals surface area contributed by atoms with E-state index in [4.69, 9.17) is 9.47 Å². The molecule has 0 aliphatic heterocycles. The summed E-state index contributed by atoms with van der Waals surface area (Å²) in [4.78, 5) is 24.0. The Labute approximate surface area is 195 Å². The molecule has 1 amide bonds. The fraction of sp³-hybridized carbons (Fsp3) is 0.364. The van der Waals surface area contributed by atoms with Crippen LogP contribution in [0.25, 0.3) is 0 Å². The lowest BCUT2D eigenvalue weighted by molar-refractivity contribution is -0.141. The number of aryl methyl sites for hydroxylation is 1. The predicted molar refractivity (Wildman–Crippen MR) is 128 cm³/mol. The van der Waals surface area contributed by atoms with Gasteiger partial charge < -0.3 is 14.6 Å². The first-order valence-corrected chi connectivity index (χ1v) is 11.1. The monoisotopic (exact) mass is 543 g/mol. The first-order chi connectivity index (χ1) is 14.1. The molecule has 1 atom stereocenters. The van der Waals surface area contributed by atoms with Crippen molar-refractivity contribution in [2.75, 3.05) is 17.7 Å². The van der Waals surface area contributed by atoms with E-state index in [-0.39, 0.29) is 18.1 Å². The highest BCUT2D eigenvalue weighted by molar-refractivity contribution is 14.1. The van der Waals surface area contributed by atoms with E-state index in [0.717, 1.165) is 9.13 Å². The lowest BCUT2D eigenvalue weighted by atomic mass is 9.79. The molecule has 2 rings (SSSR count). The van der Waals surface area contributed by atoms with Crippen molar-refractivity contribution in [3.05, 3.63) is 57.2 Å². The molecule has 0 bridgehead atoms. The predicted octanol–water partition coefficient (Wildman–Crippen LogP) is 5.48. The summed E-state index contributed by atoms with van der Waals surface area (Å²) >= 11 is 6.03. The van der Waals surface area contributed by atoms with Crippen molar-refractivity contribution >= 4 is 53.0 Å². The SMILES string of the molecule is Cc1ccc(NC(=O)O[C@@H](c2cc(I)ccc2O)C(C)(C)CCOC(=O)CS)cc1. The van der Waals surface area contributed by atoms with Crippen LogP contribution in [0.5, 0.6) is 5.75 Å². The van der Waals surface area contributed by atoms with Gasteiger partial charge in [-0.15, -0.1) is 0 Å². The lowest BCUT2D eigenvalue weighted by Gasteiger charge is -2.34. The molecule has 6 nitrogen and oxygen atoms in total. The van der Waals surface area contributed by atoms with Crippen molar-refractivity contribution < 1.29 is 24.2 Å². The second-order valence-electron chi connectivity index (χ2n) is 7.60. The fourth-order valence-electron chi connectivity index (χ4n) is 2.88. The van der Waals surface area contributed by atoms with Gasteiger partial charge in [-0.25, -0.2) is 4.79 Å². The molecular formula is C22H26INO5S. The molecule has 0 unspecified atom stereocenters. The topological polar surface area (TPSA) is 84.9 Å². The van der Waals surface area contributed by atoms with Gasteiger partial charge in [0, 0.05) is 20.2 Å². The normalized spacial score (nSPS) is 12.2. The molecule has 0 saturated carbocycles. The van der Waals surface area contributed by atoms with Gasteiger partial charge in [-0.2, -0.15) is 12.6 Å². The first kappa shape index (κ1) is 24.3. The van der Waals surface area contributed by atoms with Crippen LogP contribution in [0.4, 0.5) is 10.5 Å². The van der Waals surface area contributed by atoms with Crippen LogP contribution in [0, 0.1) is 15.9 Å². The largest absolute Gasteiger partial charge is 0.508 e. The molecule has 0 fully saturated rings. The van der Waals surface area contributed by atoms with Crippen LogP contribution in [-0.4, -0.2) is 29.5 Å². The highest BCUT2D eigenvalue weighted by Gasteiger charge is 2.36. The number of phenols is 1. The van der Waals surface area contributed by atoms with Crippen LogP contribution in [0.1, 0.15) is 37.5 Å². The Morgan fingerprint density at radius 3 is 2.50 bits per heavy atom. The average molecular weight is 543 g/mol. The number of ether oxygens (including phenoxy) is 2. The maximum atomic E-state index is 12.6. The van der Waals surface area contributed by atoms with Crippen molar-refractivity contribution in [3.63, 3.8) is 0 Å². The minimum Gasteiger partial charge on any atom is -0.508 e. The van der Waals surface area contributed by atoms with Crippen molar-refractivity contribution in [1.82, 2.24) is 0 Å². The maximum Gasteiger partial charge on any atom is 0.412 e. The highest BCUT2D eigenvalue weighted by atomic mass is 127. The van der Waals surface area contributed by atoms with Crippen LogP contribution in [0.2, 0.25) is 0 Å². The number of benzene rings is 2. The number of carbonyl (C=O) groups is 2. The van der Waals surface area contributed by atoms with Crippen LogP contribution < -0.4 is 5.32 Å². The van der Waals surface area contributed by atoms with Crippen molar-refractivity contribution in [2.45, 2.75) is 33.3 Å². The molecule has 0 radical (unpaired) electrons. The van der Waals surface area contributed by atoms with Gasteiger partial charge in [-0.1, -0.05) is 31.5 Å². The molecule has 2 N–H and O–H groups in total. The molecule has 0 aliphatic rings. The molecule has 8 heteroatoms.